The van der Waals surface area contributed by atoms with Gasteiger partial charge in [-0.2, -0.15) is 0 Å². The standard InChI is InChI=1S/C29H30Cl3N3O6/c1-3-22(33-27(37)29(30,31)32)25-23(40-17-21-12-8-5-9-13-21)14-24(41-25)34-15-19(2)26(36)35(28(34)38)18-39-16-20-10-6-4-7-11-20/h3-13,15,22-25H,1,14,16-18H2,2H3,(H,33,37)/t22-,23+,24-,25-/m1/s1. The van der Waals surface area contributed by atoms with E-state index >= 15 is 0 Å². The molecule has 0 bridgehead atoms. The number of hydrogen-bond donors (Lipinski definition) is 1. The Kier molecular flexibility index (Phi) is 10.5. The molecule has 0 aliphatic carbocycles. The Hall–Kier alpha value is -2.92. The highest BCUT2D eigenvalue weighted by atomic mass is 35.6. The van der Waals surface area contributed by atoms with Crippen LogP contribution < -0.4 is 16.6 Å². The number of ether oxygens (including phenoxy) is 3. The number of alkyl halides is 3. The number of carbonyl (C=O) groups is 1. The zero-order chi connectivity index (χ0) is 29.6. The van der Waals surface area contributed by atoms with Crippen LogP contribution in [0.4, 0.5) is 0 Å². The van der Waals surface area contributed by atoms with E-state index in [2.05, 4.69) is 11.9 Å². The fourth-order valence-corrected chi connectivity index (χ4v) is 4.67. The molecular weight excluding hydrogens is 593 g/mol. The smallest absolute Gasteiger partial charge is 0.335 e. The normalized spacial score (nSPS) is 19.6. The maximum atomic E-state index is 13.5. The number of carbonyl (C=O) groups excluding carboxylic acids is 1. The molecule has 218 valence electrons. The summed E-state index contributed by atoms with van der Waals surface area (Å²) in [5.74, 6) is -0.863. The number of hydrogen-bond acceptors (Lipinski definition) is 6. The minimum absolute atomic E-state index is 0.224. The van der Waals surface area contributed by atoms with Crippen molar-refractivity contribution in [2.45, 2.75) is 61.6 Å². The molecular formula is C29H30Cl3N3O6. The van der Waals surface area contributed by atoms with Crippen molar-refractivity contribution >= 4 is 40.7 Å². The van der Waals surface area contributed by atoms with E-state index in [1.165, 1.54) is 16.8 Å². The molecule has 0 spiro atoms. The number of aryl methyl sites for hydroxylation is 1. The average Bonchev–Trinajstić information content (AvgIpc) is 3.38. The van der Waals surface area contributed by atoms with Crippen molar-refractivity contribution in [2.24, 2.45) is 0 Å². The number of benzene rings is 2. The highest BCUT2D eigenvalue weighted by molar-refractivity contribution is 6.76. The maximum absolute atomic E-state index is 13.5. The lowest BCUT2D eigenvalue weighted by Gasteiger charge is -2.27. The molecule has 1 aliphatic heterocycles. The van der Waals surface area contributed by atoms with E-state index in [0.29, 0.717) is 5.56 Å². The molecule has 1 aromatic heterocycles. The van der Waals surface area contributed by atoms with Gasteiger partial charge in [0.05, 0.1) is 25.4 Å². The summed E-state index contributed by atoms with van der Waals surface area (Å²) >= 11 is 17.3. The van der Waals surface area contributed by atoms with Gasteiger partial charge >= 0.3 is 5.69 Å². The highest BCUT2D eigenvalue weighted by Gasteiger charge is 2.43. The van der Waals surface area contributed by atoms with Crippen molar-refractivity contribution < 1.29 is 19.0 Å². The molecule has 12 heteroatoms. The second kappa shape index (κ2) is 13.8. The summed E-state index contributed by atoms with van der Waals surface area (Å²) in [5.41, 5.74) is 1.08. The number of rotatable bonds is 11. The van der Waals surface area contributed by atoms with Gasteiger partial charge in [0, 0.05) is 18.2 Å². The first-order valence-electron chi connectivity index (χ1n) is 12.8. The quantitative estimate of drug-likeness (QED) is 0.251. The molecule has 2 heterocycles. The summed E-state index contributed by atoms with van der Waals surface area (Å²) in [7, 11) is 0. The Labute approximate surface area is 252 Å². The first kappa shape index (κ1) is 31.0. The maximum Gasteiger partial charge on any atom is 0.335 e. The fourth-order valence-electron chi connectivity index (χ4n) is 4.51. The Morgan fingerprint density at radius 3 is 2.29 bits per heavy atom. The van der Waals surface area contributed by atoms with Gasteiger partial charge in [-0.1, -0.05) is 102 Å². The molecule has 4 rings (SSSR count). The van der Waals surface area contributed by atoms with Crippen molar-refractivity contribution in [3.8, 4) is 0 Å². The lowest BCUT2D eigenvalue weighted by Crippen LogP contribution is -2.50. The topological polar surface area (TPSA) is 101 Å². The van der Waals surface area contributed by atoms with E-state index in [4.69, 9.17) is 49.0 Å². The molecule has 1 fully saturated rings. The van der Waals surface area contributed by atoms with E-state index < -0.39 is 45.4 Å². The Bertz CT molecular complexity index is 1460. The van der Waals surface area contributed by atoms with Crippen LogP contribution in [0.5, 0.6) is 0 Å². The van der Waals surface area contributed by atoms with Gasteiger partial charge < -0.3 is 19.5 Å². The molecule has 41 heavy (non-hydrogen) atoms. The van der Waals surface area contributed by atoms with Crippen LogP contribution in [-0.4, -0.2) is 37.1 Å². The third-order valence-corrected chi connectivity index (χ3v) is 7.11. The first-order chi connectivity index (χ1) is 19.6. The Morgan fingerprint density at radius 2 is 1.71 bits per heavy atom. The van der Waals surface area contributed by atoms with E-state index in [-0.39, 0.29) is 26.4 Å². The van der Waals surface area contributed by atoms with Gasteiger partial charge in [0.15, 0.2) is 0 Å². The number of nitrogens with zero attached hydrogens (tertiary/aromatic N) is 2. The molecule has 0 saturated carbocycles. The third kappa shape index (κ3) is 7.88. The summed E-state index contributed by atoms with van der Waals surface area (Å²) in [6.07, 6.45) is 0.906. The van der Waals surface area contributed by atoms with Crippen molar-refractivity contribution in [1.29, 1.82) is 0 Å². The van der Waals surface area contributed by atoms with Crippen LogP contribution in [0.2, 0.25) is 0 Å². The molecule has 3 aromatic rings. The van der Waals surface area contributed by atoms with Crippen molar-refractivity contribution in [3.05, 3.63) is 117 Å². The van der Waals surface area contributed by atoms with Crippen molar-refractivity contribution in [2.75, 3.05) is 0 Å². The van der Waals surface area contributed by atoms with E-state index in [0.717, 1.165) is 15.7 Å². The zero-order valence-corrected chi connectivity index (χ0v) is 24.5. The van der Waals surface area contributed by atoms with Gasteiger partial charge in [0.2, 0.25) is 0 Å². The minimum atomic E-state index is -2.21. The number of amides is 1. The second-order valence-electron chi connectivity index (χ2n) is 9.56. The first-order valence-corrected chi connectivity index (χ1v) is 14.0. The SMILES string of the molecule is C=C[C@@H](NC(=O)C(Cl)(Cl)Cl)[C@H]1O[C@@H](n2cc(C)c(=O)n(COCc3ccccc3)c2=O)C[C@@H]1OCc1ccccc1. The third-order valence-electron chi connectivity index (χ3n) is 6.59. The summed E-state index contributed by atoms with van der Waals surface area (Å²) in [4.78, 5) is 38.8. The van der Waals surface area contributed by atoms with Crippen LogP contribution in [-0.2, 0) is 38.9 Å². The lowest BCUT2D eigenvalue weighted by atomic mass is 10.0. The van der Waals surface area contributed by atoms with Gasteiger partial charge in [-0.25, -0.2) is 9.36 Å². The predicted molar refractivity (Wildman–Crippen MR) is 157 cm³/mol. The summed E-state index contributed by atoms with van der Waals surface area (Å²) < 4.78 is 18.3. The fraction of sp³-hybridized carbons (Fsp3) is 0.345. The van der Waals surface area contributed by atoms with Crippen LogP contribution in [0, 0.1) is 6.92 Å². The van der Waals surface area contributed by atoms with Gasteiger partial charge in [-0.15, -0.1) is 6.58 Å². The van der Waals surface area contributed by atoms with Gasteiger partial charge in [-0.3, -0.25) is 14.2 Å². The minimum Gasteiger partial charge on any atom is -0.371 e. The van der Waals surface area contributed by atoms with Crippen LogP contribution >= 0.6 is 34.8 Å². The molecule has 0 radical (unpaired) electrons. The van der Waals surface area contributed by atoms with Crippen LogP contribution in [0.15, 0.2) is 89.1 Å². The van der Waals surface area contributed by atoms with Crippen molar-refractivity contribution in [1.82, 2.24) is 14.5 Å². The summed E-state index contributed by atoms with van der Waals surface area (Å²) in [5, 5.41) is 2.62. The van der Waals surface area contributed by atoms with Gasteiger partial charge in [0.25, 0.3) is 15.3 Å². The lowest BCUT2D eigenvalue weighted by molar-refractivity contribution is -0.122. The van der Waals surface area contributed by atoms with Crippen molar-refractivity contribution in [3.63, 3.8) is 0 Å². The van der Waals surface area contributed by atoms with E-state index in [1.807, 2.05) is 60.7 Å². The number of aromatic nitrogens is 2. The predicted octanol–water partition coefficient (Wildman–Crippen LogP) is 4.41. The molecule has 4 atom stereocenters. The van der Waals surface area contributed by atoms with E-state index in [1.54, 1.807) is 6.92 Å². The van der Waals surface area contributed by atoms with E-state index in [9.17, 15) is 14.4 Å². The van der Waals surface area contributed by atoms with Gasteiger partial charge in [-0.05, 0) is 18.1 Å². The number of nitrogens with one attached hydrogen (secondary N) is 1. The molecule has 0 unspecified atom stereocenters. The monoisotopic (exact) mass is 621 g/mol. The van der Waals surface area contributed by atoms with Crippen LogP contribution in [0.1, 0.15) is 29.3 Å². The summed E-state index contributed by atoms with van der Waals surface area (Å²) in [6.45, 7) is 5.64. The van der Waals surface area contributed by atoms with Gasteiger partial charge in [0.1, 0.15) is 19.1 Å². The second-order valence-corrected chi connectivity index (χ2v) is 11.8. The molecule has 1 aliphatic rings. The molecule has 2 aromatic carbocycles. The zero-order valence-electron chi connectivity index (χ0n) is 22.3. The molecule has 1 saturated heterocycles. The largest absolute Gasteiger partial charge is 0.371 e. The molecule has 1 amide bonds. The number of halogens is 3. The molecule has 1 N–H and O–H groups in total. The van der Waals surface area contributed by atoms with Crippen LogP contribution in [0.3, 0.4) is 0 Å². The molecule has 9 nitrogen and oxygen atoms in total. The highest BCUT2D eigenvalue weighted by Crippen LogP contribution is 2.34. The Morgan fingerprint density at radius 1 is 1.10 bits per heavy atom. The Balaban J connectivity index is 1.59. The average molecular weight is 623 g/mol. The van der Waals surface area contributed by atoms with Crippen LogP contribution in [0.25, 0.3) is 0 Å². The summed E-state index contributed by atoms with van der Waals surface area (Å²) in [6, 6.07) is 18.1.